The van der Waals surface area contributed by atoms with Crippen LogP contribution in [0.2, 0.25) is 0 Å². The monoisotopic (exact) mass is 283 g/mol. The molecule has 0 unspecified atom stereocenters. The maximum Gasteiger partial charge on any atom is 0.194 e. The molecule has 2 heterocycles. The van der Waals surface area contributed by atoms with Gasteiger partial charge in [0.15, 0.2) is 4.96 Å². The van der Waals surface area contributed by atoms with E-state index < -0.39 is 0 Å². The first-order chi connectivity index (χ1) is 9.24. The zero-order valence-electron chi connectivity index (χ0n) is 11.7. The number of nitrogens with one attached hydrogen (secondary N) is 1. The van der Waals surface area contributed by atoms with Gasteiger partial charge in [0.2, 0.25) is 0 Å². The van der Waals surface area contributed by atoms with E-state index in [1.165, 1.54) is 11.4 Å². The van der Waals surface area contributed by atoms with E-state index >= 15 is 0 Å². The van der Waals surface area contributed by atoms with Gasteiger partial charge < -0.3 is 14.8 Å². The Balaban J connectivity index is 1.81. The highest BCUT2D eigenvalue weighted by Gasteiger charge is 2.11. The van der Waals surface area contributed by atoms with Gasteiger partial charge in [0.25, 0.3) is 0 Å². The average molecular weight is 283 g/mol. The number of ether oxygens (including phenoxy) is 2. The lowest BCUT2D eigenvalue weighted by Gasteiger charge is -2.07. The predicted octanol–water partition coefficient (Wildman–Crippen LogP) is 1.77. The molecule has 2 aromatic heterocycles. The fourth-order valence-electron chi connectivity index (χ4n) is 1.97. The van der Waals surface area contributed by atoms with Crippen LogP contribution >= 0.6 is 11.3 Å². The van der Waals surface area contributed by atoms with E-state index in [4.69, 9.17) is 9.47 Å². The lowest BCUT2D eigenvalue weighted by molar-refractivity contribution is 0.0718. The summed E-state index contributed by atoms with van der Waals surface area (Å²) in [6.45, 7) is 7.83. The van der Waals surface area contributed by atoms with Crippen LogP contribution in [0.15, 0.2) is 5.38 Å². The molecule has 0 fully saturated rings. The summed E-state index contributed by atoms with van der Waals surface area (Å²) in [5, 5.41) is 5.53. The topological polar surface area (TPSA) is 47.8 Å². The Morgan fingerprint density at radius 1 is 1.32 bits per heavy atom. The van der Waals surface area contributed by atoms with Crippen LogP contribution in [0.25, 0.3) is 4.96 Å². The third kappa shape index (κ3) is 3.54. The summed E-state index contributed by atoms with van der Waals surface area (Å²) in [5.74, 6) is 0. The first kappa shape index (κ1) is 14.5. The van der Waals surface area contributed by atoms with Crippen LogP contribution in [0.1, 0.15) is 17.1 Å². The van der Waals surface area contributed by atoms with Crippen LogP contribution in [0.4, 0.5) is 0 Å². The van der Waals surface area contributed by atoms with E-state index in [0.29, 0.717) is 19.8 Å². The second-order valence-electron chi connectivity index (χ2n) is 4.42. The number of hydrogen-bond acceptors (Lipinski definition) is 5. The van der Waals surface area contributed by atoms with Gasteiger partial charge in [0.1, 0.15) is 0 Å². The van der Waals surface area contributed by atoms with E-state index in [9.17, 15) is 0 Å². The van der Waals surface area contributed by atoms with E-state index in [1.807, 2.05) is 0 Å². The minimum Gasteiger partial charge on any atom is -0.382 e. The molecule has 0 aliphatic rings. The standard InChI is InChI=1S/C13H21N3O2S/c1-10-9-19-13-15-11(2)12(16(10)13)8-14-4-5-18-7-6-17-3/h9,14H,4-8H2,1-3H3. The number of thiazole rings is 1. The number of hydrogen-bond donors (Lipinski definition) is 1. The van der Waals surface area contributed by atoms with Gasteiger partial charge in [-0.25, -0.2) is 4.98 Å². The van der Waals surface area contributed by atoms with E-state index in [2.05, 4.69) is 33.9 Å². The number of methoxy groups -OCH3 is 1. The van der Waals surface area contributed by atoms with Crippen molar-refractivity contribution in [2.24, 2.45) is 0 Å². The average Bonchev–Trinajstić information content (AvgIpc) is 2.89. The summed E-state index contributed by atoms with van der Waals surface area (Å²) in [7, 11) is 1.68. The van der Waals surface area contributed by atoms with Crippen LogP contribution in [0.3, 0.4) is 0 Å². The molecular weight excluding hydrogens is 262 g/mol. The summed E-state index contributed by atoms with van der Waals surface area (Å²) in [4.78, 5) is 5.64. The van der Waals surface area contributed by atoms with Gasteiger partial charge in [-0.15, -0.1) is 11.3 Å². The molecule has 0 amide bonds. The third-order valence-electron chi connectivity index (χ3n) is 2.98. The minimum atomic E-state index is 0.649. The molecule has 5 nitrogen and oxygen atoms in total. The van der Waals surface area contributed by atoms with E-state index in [0.717, 1.165) is 23.7 Å². The Morgan fingerprint density at radius 2 is 2.16 bits per heavy atom. The maximum absolute atomic E-state index is 5.41. The molecule has 1 N–H and O–H groups in total. The Labute approximate surface area is 117 Å². The molecule has 0 saturated carbocycles. The van der Waals surface area contributed by atoms with Crippen molar-refractivity contribution in [2.45, 2.75) is 20.4 Å². The fourth-order valence-corrected chi connectivity index (χ4v) is 2.90. The molecule has 0 atom stereocenters. The third-order valence-corrected chi connectivity index (χ3v) is 3.92. The van der Waals surface area contributed by atoms with Crippen LogP contribution in [0.5, 0.6) is 0 Å². The van der Waals surface area contributed by atoms with Gasteiger partial charge in [-0.05, 0) is 13.8 Å². The summed E-state index contributed by atoms with van der Waals surface area (Å²) >= 11 is 1.69. The number of rotatable bonds is 8. The summed E-state index contributed by atoms with van der Waals surface area (Å²) < 4.78 is 12.6. The van der Waals surface area contributed by atoms with Crippen molar-refractivity contribution in [1.29, 1.82) is 0 Å². The lowest BCUT2D eigenvalue weighted by Crippen LogP contribution is -2.21. The Morgan fingerprint density at radius 3 is 2.95 bits per heavy atom. The van der Waals surface area contributed by atoms with Gasteiger partial charge in [0.05, 0.1) is 31.2 Å². The van der Waals surface area contributed by atoms with Crippen molar-refractivity contribution in [3.63, 3.8) is 0 Å². The highest BCUT2D eigenvalue weighted by molar-refractivity contribution is 7.15. The van der Waals surface area contributed by atoms with Gasteiger partial charge in [-0.3, -0.25) is 4.40 Å². The van der Waals surface area contributed by atoms with Gasteiger partial charge in [0, 0.05) is 31.3 Å². The van der Waals surface area contributed by atoms with Crippen molar-refractivity contribution in [3.8, 4) is 0 Å². The van der Waals surface area contributed by atoms with Crippen LogP contribution in [-0.4, -0.2) is 42.9 Å². The van der Waals surface area contributed by atoms with Crippen LogP contribution in [-0.2, 0) is 16.0 Å². The number of imidazole rings is 1. The molecule has 19 heavy (non-hydrogen) atoms. The zero-order chi connectivity index (χ0) is 13.7. The molecule has 0 radical (unpaired) electrons. The van der Waals surface area contributed by atoms with Crippen molar-refractivity contribution < 1.29 is 9.47 Å². The second kappa shape index (κ2) is 7.00. The fraction of sp³-hybridized carbons (Fsp3) is 0.615. The molecule has 2 rings (SSSR count). The van der Waals surface area contributed by atoms with Gasteiger partial charge >= 0.3 is 0 Å². The first-order valence-corrected chi connectivity index (χ1v) is 7.31. The molecule has 0 saturated heterocycles. The maximum atomic E-state index is 5.41. The predicted molar refractivity (Wildman–Crippen MR) is 76.9 cm³/mol. The number of aryl methyl sites for hydroxylation is 2. The van der Waals surface area contributed by atoms with Gasteiger partial charge in [-0.1, -0.05) is 0 Å². The minimum absolute atomic E-state index is 0.649. The van der Waals surface area contributed by atoms with Gasteiger partial charge in [-0.2, -0.15) is 0 Å². The number of nitrogens with zero attached hydrogens (tertiary/aromatic N) is 2. The molecular formula is C13H21N3O2S. The smallest absolute Gasteiger partial charge is 0.194 e. The normalized spacial score (nSPS) is 11.5. The van der Waals surface area contributed by atoms with E-state index in [1.54, 1.807) is 18.4 Å². The Bertz CT molecular complexity index is 521. The van der Waals surface area contributed by atoms with Crippen molar-refractivity contribution in [1.82, 2.24) is 14.7 Å². The van der Waals surface area contributed by atoms with Crippen LogP contribution < -0.4 is 5.32 Å². The Kier molecular flexibility index (Phi) is 5.33. The van der Waals surface area contributed by atoms with Crippen molar-refractivity contribution >= 4 is 16.3 Å². The number of aromatic nitrogens is 2. The van der Waals surface area contributed by atoms with Crippen LogP contribution in [0, 0.1) is 13.8 Å². The molecule has 0 aliphatic heterocycles. The molecule has 0 aliphatic carbocycles. The number of fused-ring (bicyclic) bond motifs is 1. The first-order valence-electron chi connectivity index (χ1n) is 6.43. The molecule has 0 spiro atoms. The summed E-state index contributed by atoms with van der Waals surface area (Å²) in [6, 6.07) is 0. The molecule has 6 heteroatoms. The quantitative estimate of drug-likeness (QED) is 0.750. The van der Waals surface area contributed by atoms with Crippen molar-refractivity contribution in [3.05, 3.63) is 22.5 Å². The van der Waals surface area contributed by atoms with E-state index in [-0.39, 0.29) is 0 Å². The highest BCUT2D eigenvalue weighted by atomic mass is 32.1. The second-order valence-corrected chi connectivity index (χ2v) is 5.26. The molecule has 106 valence electrons. The SMILES string of the molecule is COCCOCCNCc1c(C)nc2scc(C)n12. The zero-order valence-corrected chi connectivity index (χ0v) is 12.5. The molecule has 0 bridgehead atoms. The lowest BCUT2D eigenvalue weighted by atomic mass is 10.3. The highest BCUT2D eigenvalue weighted by Crippen LogP contribution is 2.20. The molecule has 0 aromatic carbocycles. The summed E-state index contributed by atoms with van der Waals surface area (Å²) in [6.07, 6.45) is 0. The molecule has 2 aromatic rings. The van der Waals surface area contributed by atoms with Crippen molar-refractivity contribution in [2.75, 3.05) is 33.5 Å². The Hall–Kier alpha value is -0.950. The summed E-state index contributed by atoms with van der Waals surface area (Å²) in [5.41, 5.74) is 3.59. The largest absolute Gasteiger partial charge is 0.382 e.